The van der Waals surface area contributed by atoms with Gasteiger partial charge in [0.25, 0.3) is 5.91 Å². The van der Waals surface area contributed by atoms with Crippen molar-refractivity contribution in [2.75, 3.05) is 31.1 Å². The van der Waals surface area contributed by atoms with Gasteiger partial charge in [0.05, 0.1) is 6.26 Å². The lowest BCUT2D eigenvalue weighted by Crippen LogP contribution is -2.50. The van der Waals surface area contributed by atoms with Crippen LogP contribution in [-0.4, -0.2) is 42.0 Å². The molecule has 2 saturated heterocycles. The zero-order valence-electron chi connectivity index (χ0n) is 13.9. The third kappa shape index (κ3) is 2.90. The number of aromatic nitrogens is 1. The number of furan rings is 1. The zero-order chi connectivity index (χ0) is 16.4. The summed E-state index contributed by atoms with van der Waals surface area (Å²) in [4.78, 5) is 21.0. The van der Waals surface area contributed by atoms with Crippen LogP contribution in [0.5, 0.6) is 0 Å². The van der Waals surface area contributed by atoms with Gasteiger partial charge in [0, 0.05) is 44.3 Å². The molecule has 24 heavy (non-hydrogen) atoms. The maximum absolute atomic E-state index is 12.4. The highest BCUT2D eigenvalue weighted by Gasteiger charge is 2.39. The third-order valence-electron chi connectivity index (χ3n) is 5.53. The van der Waals surface area contributed by atoms with Crippen molar-refractivity contribution in [3.8, 4) is 0 Å². The van der Waals surface area contributed by atoms with Gasteiger partial charge in [-0.15, -0.1) is 0 Å². The summed E-state index contributed by atoms with van der Waals surface area (Å²) in [7, 11) is 0. The molecule has 2 aliphatic rings. The Balaban J connectivity index is 1.41. The smallest absolute Gasteiger partial charge is 0.289 e. The second-order valence-electron chi connectivity index (χ2n) is 7.00. The van der Waals surface area contributed by atoms with Crippen LogP contribution in [0.2, 0.25) is 0 Å². The van der Waals surface area contributed by atoms with E-state index in [1.54, 1.807) is 18.4 Å². The minimum atomic E-state index is 0.0247. The topological polar surface area (TPSA) is 49.6 Å². The summed E-state index contributed by atoms with van der Waals surface area (Å²) in [5.41, 5.74) is 1.60. The number of anilines is 1. The lowest BCUT2D eigenvalue weighted by molar-refractivity contribution is 0.0513. The standard InChI is InChI=1S/C19H23N3O2/c23-18(17-3-1-14-24-17)21-12-7-19(8-13-21)6-2-11-22(15-19)16-4-9-20-10-5-16/h1,3-5,9-10,14H,2,6-8,11-13,15H2. The molecule has 0 atom stereocenters. The fourth-order valence-electron chi connectivity index (χ4n) is 4.13. The van der Waals surface area contributed by atoms with Crippen LogP contribution in [0.15, 0.2) is 47.3 Å². The van der Waals surface area contributed by atoms with Gasteiger partial charge in [0.2, 0.25) is 0 Å². The van der Waals surface area contributed by atoms with Crippen LogP contribution in [-0.2, 0) is 0 Å². The van der Waals surface area contributed by atoms with Gasteiger partial charge < -0.3 is 14.2 Å². The molecule has 4 rings (SSSR count). The highest BCUT2D eigenvalue weighted by Crippen LogP contribution is 2.41. The quantitative estimate of drug-likeness (QED) is 0.851. The molecular weight excluding hydrogens is 302 g/mol. The summed E-state index contributed by atoms with van der Waals surface area (Å²) in [6, 6.07) is 7.70. The number of hydrogen-bond donors (Lipinski definition) is 0. The first-order chi connectivity index (χ1) is 11.8. The van der Waals surface area contributed by atoms with Crippen molar-refractivity contribution in [1.82, 2.24) is 9.88 Å². The predicted octanol–water partition coefficient (Wildman–Crippen LogP) is 3.20. The maximum Gasteiger partial charge on any atom is 0.289 e. The largest absolute Gasteiger partial charge is 0.459 e. The number of hydrogen-bond acceptors (Lipinski definition) is 4. The molecule has 2 aliphatic heterocycles. The summed E-state index contributed by atoms with van der Waals surface area (Å²) in [6.45, 7) is 3.84. The van der Waals surface area contributed by atoms with Crippen LogP contribution in [0.1, 0.15) is 36.2 Å². The summed E-state index contributed by atoms with van der Waals surface area (Å²) in [5.74, 6) is 0.477. The van der Waals surface area contributed by atoms with Crippen LogP contribution in [0.4, 0.5) is 5.69 Å². The molecule has 2 aromatic rings. The molecule has 1 spiro atoms. The van der Waals surface area contributed by atoms with E-state index in [2.05, 4.69) is 22.0 Å². The Labute approximate surface area is 142 Å². The zero-order valence-corrected chi connectivity index (χ0v) is 13.9. The van der Waals surface area contributed by atoms with Crippen molar-refractivity contribution in [1.29, 1.82) is 0 Å². The number of pyridine rings is 1. The number of piperidine rings is 2. The Hall–Kier alpha value is -2.30. The van der Waals surface area contributed by atoms with E-state index in [-0.39, 0.29) is 5.91 Å². The molecule has 0 bridgehead atoms. The van der Waals surface area contributed by atoms with Gasteiger partial charge >= 0.3 is 0 Å². The minimum absolute atomic E-state index is 0.0247. The van der Waals surface area contributed by atoms with Crippen molar-refractivity contribution in [3.05, 3.63) is 48.7 Å². The van der Waals surface area contributed by atoms with Crippen molar-refractivity contribution < 1.29 is 9.21 Å². The van der Waals surface area contributed by atoms with E-state index in [9.17, 15) is 4.79 Å². The first-order valence-electron chi connectivity index (χ1n) is 8.74. The van der Waals surface area contributed by atoms with Gasteiger partial charge in [-0.1, -0.05) is 0 Å². The molecule has 4 heterocycles. The average molecular weight is 325 g/mol. The second-order valence-corrected chi connectivity index (χ2v) is 7.00. The Bertz CT molecular complexity index is 676. The number of amides is 1. The van der Waals surface area contributed by atoms with E-state index in [4.69, 9.17) is 4.42 Å². The molecule has 1 amide bonds. The van der Waals surface area contributed by atoms with Crippen molar-refractivity contribution in [3.63, 3.8) is 0 Å². The molecule has 2 fully saturated rings. The highest BCUT2D eigenvalue weighted by molar-refractivity contribution is 5.91. The SMILES string of the molecule is O=C(c1ccco1)N1CCC2(CCCN(c3ccncc3)C2)CC1. The number of carbonyl (C=O) groups is 1. The number of carbonyl (C=O) groups excluding carboxylic acids is 1. The lowest BCUT2D eigenvalue weighted by atomic mass is 9.72. The van der Waals surface area contributed by atoms with Crippen LogP contribution in [0.25, 0.3) is 0 Å². The Kier molecular flexibility index (Phi) is 4.00. The monoisotopic (exact) mass is 325 g/mol. The molecule has 0 radical (unpaired) electrons. The van der Waals surface area contributed by atoms with E-state index >= 15 is 0 Å². The predicted molar refractivity (Wildman–Crippen MR) is 92.0 cm³/mol. The highest BCUT2D eigenvalue weighted by atomic mass is 16.3. The Morgan fingerprint density at radius 2 is 1.88 bits per heavy atom. The molecule has 5 nitrogen and oxygen atoms in total. The molecule has 0 saturated carbocycles. The molecule has 126 valence electrons. The summed E-state index contributed by atoms with van der Waals surface area (Å²) >= 11 is 0. The molecule has 0 aliphatic carbocycles. The van der Waals surface area contributed by atoms with Gasteiger partial charge in [0.15, 0.2) is 5.76 Å². The normalized spacial score (nSPS) is 20.3. The van der Waals surface area contributed by atoms with E-state index < -0.39 is 0 Å². The lowest BCUT2D eigenvalue weighted by Gasteiger charge is -2.48. The minimum Gasteiger partial charge on any atom is -0.459 e. The molecule has 2 aromatic heterocycles. The number of nitrogens with zero attached hydrogens (tertiary/aromatic N) is 3. The van der Waals surface area contributed by atoms with Gasteiger partial charge in [-0.25, -0.2) is 0 Å². The summed E-state index contributed by atoms with van der Waals surface area (Å²) < 4.78 is 5.26. The van der Waals surface area contributed by atoms with E-state index in [0.717, 1.165) is 39.0 Å². The maximum atomic E-state index is 12.4. The van der Waals surface area contributed by atoms with Gasteiger partial charge in [-0.05, 0) is 55.4 Å². The van der Waals surface area contributed by atoms with Gasteiger partial charge in [-0.2, -0.15) is 0 Å². The molecule has 0 aromatic carbocycles. The fourth-order valence-corrected chi connectivity index (χ4v) is 4.13. The average Bonchev–Trinajstić information content (AvgIpc) is 3.17. The third-order valence-corrected chi connectivity index (χ3v) is 5.53. The van der Waals surface area contributed by atoms with Crippen LogP contribution >= 0.6 is 0 Å². The Morgan fingerprint density at radius 1 is 1.08 bits per heavy atom. The first kappa shape index (κ1) is 15.2. The number of likely N-dealkylation sites (tertiary alicyclic amines) is 1. The molecule has 0 unspecified atom stereocenters. The van der Waals surface area contributed by atoms with Crippen LogP contribution in [0, 0.1) is 5.41 Å². The molecule has 0 N–H and O–H groups in total. The van der Waals surface area contributed by atoms with Gasteiger partial charge in [0.1, 0.15) is 0 Å². The molecular formula is C19H23N3O2. The van der Waals surface area contributed by atoms with E-state index in [0.29, 0.717) is 11.2 Å². The first-order valence-corrected chi connectivity index (χ1v) is 8.74. The summed E-state index contributed by atoms with van der Waals surface area (Å²) in [5, 5.41) is 0. The Morgan fingerprint density at radius 3 is 2.58 bits per heavy atom. The molecule has 5 heteroatoms. The number of rotatable bonds is 2. The van der Waals surface area contributed by atoms with Crippen molar-refractivity contribution in [2.24, 2.45) is 5.41 Å². The fraction of sp³-hybridized carbons (Fsp3) is 0.474. The second kappa shape index (κ2) is 6.30. The van der Waals surface area contributed by atoms with Crippen LogP contribution < -0.4 is 4.90 Å². The van der Waals surface area contributed by atoms with Crippen LogP contribution in [0.3, 0.4) is 0 Å². The van der Waals surface area contributed by atoms with E-state index in [1.807, 2.05) is 17.3 Å². The van der Waals surface area contributed by atoms with Crippen molar-refractivity contribution >= 4 is 11.6 Å². The van der Waals surface area contributed by atoms with Gasteiger partial charge in [-0.3, -0.25) is 9.78 Å². The summed E-state index contributed by atoms with van der Waals surface area (Å²) in [6.07, 6.45) is 9.91. The van der Waals surface area contributed by atoms with Crippen molar-refractivity contribution in [2.45, 2.75) is 25.7 Å². The van der Waals surface area contributed by atoms with E-state index in [1.165, 1.54) is 18.5 Å².